The predicted octanol–water partition coefficient (Wildman–Crippen LogP) is 4.70. The summed E-state index contributed by atoms with van der Waals surface area (Å²) in [6.07, 6.45) is 13.1. The number of hydrogen-bond donors (Lipinski definition) is 0. The molecule has 25 heavy (non-hydrogen) atoms. The molecule has 0 bridgehead atoms. The zero-order valence-corrected chi connectivity index (χ0v) is 14.9. The molecule has 2 fully saturated rings. The first-order valence-electron chi connectivity index (χ1n) is 9.48. The van der Waals surface area contributed by atoms with Gasteiger partial charge in [0.2, 0.25) is 0 Å². The lowest BCUT2D eigenvalue weighted by atomic mass is 9.86. The third-order valence-electron chi connectivity index (χ3n) is 5.40. The standard InChI is InChI=1S/C21H26N2O2/c1-15(24)2-3-16-6-9-19(10-7-16)23-13-18-8-11-20(12-21(18)22-23)25-14-17-4-5-17/h2-3,8,11-13,16-17,19H,4-7,9-10,14H2,1H3/b3-2+. The molecule has 132 valence electrons. The molecule has 2 aliphatic carbocycles. The van der Waals surface area contributed by atoms with Gasteiger partial charge in [-0.1, -0.05) is 6.08 Å². The van der Waals surface area contributed by atoms with Crippen molar-refractivity contribution in [1.82, 2.24) is 9.78 Å². The molecule has 1 aromatic carbocycles. The van der Waals surface area contributed by atoms with E-state index in [4.69, 9.17) is 9.84 Å². The summed E-state index contributed by atoms with van der Waals surface area (Å²) >= 11 is 0. The maximum Gasteiger partial charge on any atom is 0.152 e. The van der Waals surface area contributed by atoms with Crippen LogP contribution in [0.25, 0.3) is 10.9 Å². The second-order valence-electron chi connectivity index (χ2n) is 7.62. The van der Waals surface area contributed by atoms with Crippen molar-refractivity contribution < 1.29 is 9.53 Å². The lowest BCUT2D eigenvalue weighted by Gasteiger charge is -2.26. The minimum Gasteiger partial charge on any atom is -0.493 e. The maximum absolute atomic E-state index is 11.1. The molecule has 1 heterocycles. The molecule has 4 heteroatoms. The van der Waals surface area contributed by atoms with E-state index >= 15 is 0 Å². The minimum atomic E-state index is 0.139. The smallest absolute Gasteiger partial charge is 0.152 e. The molecule has 0 amide bonds. The number of fused-ring (bicyclic) bond motifs is 1. The highest BCUT2D eigenvalue weighted by Gasteiger charge is 2.23. The van der Waals surface area contributed by atoms with E-state index in [1.165, 1.54) is 18.2 Å². The Kier molecular flexibility index (Phi) is 4.60. The first kappa shape index (κ1) is 16.4. The molecule has 4 nitrogen and oxygen atoms in total. The number of benzene rings is 1. The van der Waals surface area contributed by atoms with E-state index in [-0.39, 0.29) is 5.78 Å². The van der Waals surface area contributed by atoms with Crippen LogP contribution in [0.3, 0.4) is 0 Å². The zero-order valence-electron chi connectivity index (χ0n) is 14.9. The highest BCUT2D eigenvalue weighted by molar-refractivity contribution is 5.87. The van der Waals surface area contributed by atoms with E-state index < -0.39 is 0 Å². The minimum absolute atomic E-state index is 0.139. The van der Waals surface area contributed by atoms with Gasteiger partial charge in [0.05, 0.1) is 18.2 Å². The van der Waals surface area contributed by atoms with Gasteiger partial charge in [-0.3, -0.25) is 9.48 Å². The lowest BCUT2D eigenvalue weighted by Crippen LogP contribution is -2.17. The van der Waals surface area contributed by atoms with Gasteiger partial charge in [-0.25, -0.2) is 0 Å². The molecule has 0 spiro atoms. The van der Waals surface area contributed by atoms with Crippen LogP contribution in [0.1, 0.15) is 51.5 Å². The first-order valence-corrected chi connectivity index (χ1v) is 9.48. The van der Waals surface area contributed by atoms with Gasteiger partial charge in [-0.2, -0.15) is 5.10 Å². The van der Waals surface area contributed by atoms with Crippen molar-refractivity contribution in [2.24, 2.45) is 11.8 Å². The van der Waals surface area contributed by atoms with Gasteiger partial charge in [0.15, 0.2) is 5.78 Å². The maximum atomic E-state index is 11.1. The van der Waals surface area contributed by atoms with Crippen molar-refractivity contribution in [3.8, 4) is 5.75 Å². The van der Waals surface area contributed by atoms with Crippen LogP contribution in [-0.2, 0) is 4.79 Å². The largest absolute Gasteiger partial charge is 0.493 e. The number of ether oxygens (including phenoxy) is 1. The average molecular weight is 338 g/mol. The SMILES string of the molecule is CC(=O)/C=C/C1CCC(n2cc3ccc(OCC4CC4)cc3n2)CC1. The second-order valence-corrected chi connectivity index (χ2v) is 7.62. The topological polar surface area (TPSA) is 44.1 Å². The zero-order chi connectivity index (χ0) is 17.2. The second kappa shape index (κ2) is 7.03. The van der Waals surface area contributed by atoms with E-state index in [2.05, 4.69) is 35.2 Å². The Labute approximate surface area is 148 Å². The van der Waals surface area contributed by atoms with Crippen LogP contribution in [0.5, 0.6) is 5.75 Å². The third-order valence-corrected chi connectivity index (χ3v) is 5.40. The molecular formula is C21H26N2O2. The van der Waals surface area contributed by atoms with Crippen molar-refractivity contribution in [2.75, 3.05) is 6.61 Å². The van der Waals surface area contributed by atoms with Gasteiger partial charge >= 0.3 is 0 Å². The summed E-state index contributed by atoms with van der Waals surface area (Å²) in [5.74, 6) is 2.37. The fourth-order valence-corrected chi connectivity index (χ4v) is 3.62. The molecule has 2 aliphatic rings. The quantitative estimate of drug-likeness (QED) is 0.717. The van der Waals surface area contributed by atoms with Gasteiger partial charge in [0.1, 0.15) is 5.75 Å². The first-order chi connectivity index (χ1) is 12.2. The van der Waals surface area contributed by atoms with E-state index in [9.17, 15) is 4.79 Å². The summed E-state index contributed by atoms with van der Waals surface area (Å²) in [4.78, 5) is 11.1. The normalized spacial score (nSPS) is 24.0. The monoisotopic (exact) mass is 338 g/mol. The van der Waals surface area contributed by atoms with Crippen molar-refractivity contribution in [3.05, 3.63) is 36.5 Å². The highest BCUT2D eigenvalue weighted by atomic mass is 16.5. The van der Waals surface area contributed by atoms with Gasteiger partial charge in [-0.05, 0) is 75.5 Å². The third kappa shape index (κ3) is 4.12. The fourth-order valence-electron chi connectivity index (χ4n) is 3.62. The summed E-state index contributed by atoms with van der Waals surface area (Å²) in [6.45, 7) is 2.45. The Hall–Kier alpha value is -2.10. The molecule has 0 unspecified atom stereocenters. The Bertz CT molecular complexity index is 780. The van der Waals surface area contributed by atoms with Crippen LogP contribution in [0, 0.1) is 11.8 Å². The van der Waals surface area contributed by atoms with E-state index in [0.29, 0.717) is 12.0 Å². The van der Waals surface area contributed by atoms with Crippen molar-refractivity contribution in [1.29, 1.82) is 0 Å². The Morgan fingerprint density at radius 1 is 1.24 bits per heavy atom. The van der Waals surface area contributed by atoms with Gasteiger partial charge in [0.25, 0.3) is 0 Å². The highest BCUT2D eigenvalue weighted by Crippen LogP contribution is 2.34. The average Bonchev–Trinajstić information content (AvgIpc) is 3.35. The van der Waals surface area contributed by atoms with E-state index in [1.54, 1.807) is 13.0 Å². The predicted molar refractivity (Wildman–Crippen MR) is 98.8 cm³/mol. The molecule has 4 rings (SSSR count). The Morgan fingerprint density at radius 3 is 2.76 bits per heavy atom. The van der Waals surface area contributed by atoms with Gasteiger partial charge in [-0.15, -0.1) is 0 Å². The number of nitrogens with zero attached hydrogens (tertiary/aromatic N) is 2. The van der Waals surface area contributed by atoms with Crippen LogP contribution >= 0.6 is 0 Å². The fraction of sp³-hybridized carbons (Fsp3) is 0.524. The van der Waals surface area contributed by atoms with Crippen molar-refractivity contribution >= 4 is 16.7 Å². The number of aromatic nitrogens is 2. The van der Waals surface area contributed by atoms with Crippen LogP contribution in [0.2, 0.25) is 0 Å². The van der Waals surface area contributed by atoms with Crippen molar-refractivity contribution in [3.63, 3.8) is 0 Å². The summed E-state index contributed by atoms with van der Waals surface area (Å²) in [6, 6.07) is 6.70. The number of hydrogen-bond acceptors (Lipinski definition) is 3. The molecular weight excluding hydrogens is 312 g/mol. The molecule has 0 radical (unpaired) electrons. The molecule has 1 aromatic heterocycles. The summed E-state index contributed by atoms with van der Waals surface area (Å²) in [5.41, 5.74) is 1.02. The molecule has 0 atom stereocenters. The van der Waals surface area contributed by atoms with Gasteiger partial charge < -0.3 is 4.74 Å². The number of ketones is 1. The summed E-state index contributed by atoms with van der Waals surface area (Å²) in [5, 5.41) is 5.98. The molecule has 0 saturated heterocycles. The van der Waals surface area contributed by atoms with Crippen LogP contribution in [0.4, 0.5) is 0 Å². The Morgan fingerprint density at radius 2 is 2.04 bits per heavy atom. The van der Waals surface area contributed by atoms with E-state index in [0.717, 1.165) is 49.5 Å². The van der Waals surface area contributed by atoms with E-state index in [1.807, 2.05) is 0 Å². The summed E-state index contributed by atoms with van der Waals surface area (Å²) in [7, 11) is 0. The summed E-state index contributed by atoms with van der Waals surface area (Å²) < 4.78 is 8.01. The van der Waals surface area contributed by atoms with Crippen LogP contribution in [-0.4, -0.2) is 22.2 Å². The van der Waals surface area contributed by atoms with Crippen molar-refractivity contribution in [2.45, 2.75) is 51.5 Å². The number of carbonyl (C=O) groups is 1. The number of allylic oxidation sites excluding steroid dienone is 2. The molecule has 0 aliphatic heterocycles. The number of carbonyl (C=O) groups excluding carboxylic acids is 1. The van der Waals surface area contributed by atoms with Crippen LogP contribution in [0.15, 0.2) is 36.5 Å². The number of rotatable bonds is 6. The van der Waals surface area contributed by atoms with Crippen LogP contribution < -0.4 is 4.74 Å². The molecule has 2 saturated carbocycles. The molecule has 0 N–H and O–H groups in total. The van der Waals surface area contributed by atoms with Gasteiger partial charge in [0, 0.05) is 17.6 Å². The Balaban J connectivity index is 1.40. The molecule has 2 aromatic rings. The lowest BCUT2D eigenvalue weighted by molar-refractivity contribution is -0.112.